The lowest BCUT2D eigenvalue weighted by atomic mass is 10.1. The minimum absolute atomic E-state index is 0.00449. The van der Waals surface area contributed by atoms with E-state index in [9.17, 15) is 4.39 Å². The van der Waals surface area contributed by atoms with E-state index in [0.717, 1.165) is 0 Å². The van der Waals surface area contributed by atoms with Crippen molar-refractivity contribution in [2.75, 3.05) is 6.26 Å². The van der Waals surface area contributed by atoms with Crippen LogP contribution in [0.5, 0.6) is 0 Å². The first kappa shape index (κ1) is 13.0. The lowest BCUT2D eigenvalue weighted by Gasteiger charge is -2.02. The maximum atomic E-state index is 13.3. The van der Waals surface area contributed by atoms with Gasteiger partial charge in [-0.1, -0.05) is 11.8 Å². The molecule has 0 fully saturated rings. The number of nitriles is 2. The Morgan fingerprint density at radius 3 is 2.88 bits per heavy atom. The second-order valence-corrected chi connectivity index (χ2v) is 3.76. The molecule has 1 aromatic carbocycles. The summed E-state index contributed by atoms with van der Waals surface area (Å²) in [6.07, 6.45) is 3.52. The third kappa shape index (κ3) is 3.78. The SMILES string of the molecule is CSC(=Nc1ccc(F)c(CC#N)c1)NC#N. The fraction of sp³-hybridized carbons (Fsp3) is 0.182. The average molecular weight is 248 g/mol. The minimum atomic E-state index is -0.426. The number of nitrogens with zero attached hydrogens (tertiary/aromatic N) is 3. The Kier molecular flexibility index (Phi) is 4.99. The van der Waals surface area contributed by atoms with E-state index in [1.807, 2.05) is 6.07 Å². The molecule has 0 saturated carbocycles. The number of aliphatic imine (C=N–C) groups is 1. The molecule has 86 valence electrons. The van der Waals surface area contributed by atoms with Crippen molar-refractivity contribution in [3.63, 3.8) is 0 Å². The van der Waals surface area contributed by atoms with E-state index in [1.54, 1.807) is 12.4 Å². The fourth-order valence-corrected chi connectivity index (χ4v) is 1.49. The summed E-state index contributed by atoms with van der Waals surface area (Å²) in [6.45, 7) is 0. The normalized spacial score (nSPS) is 10.5. The van der Waals surface area contributed by atoms with Crippen LogP contribution in [-0.2, 0) is 6.42 Å². The van der Waals surface area contributed by atoms with Crippen molar-refractivity contribution in [3.8, 4) is 12.3 Å². The van der Waals surface area contributed by atoms with Crippen molar-refractivity contribution in [2.24, 2.45) is 4.99 Å². The molecule has 0 aromatic heterocycles. The molecule has 0 atom stereocenters. The molecule has 1 N–H and O–H groups in total. The summed E-state index contributed by atoms with van der Waals surface area (Å²) in [5.41, 5.74) is 0.801. The number of benzene rings is 1. The number of hydrogen-bond acceptors (Lipinski definition) is 4. The standard InChI is InChI=1S/C11H9FN4S/c1-17-11(15-7-14)16-9-2-3-10(12)8(6-9)4-5-13/h2-3,6H,4H2,1H3,(H,15,16). The highest BCUT2D eigenvalue weighted by molar-refractivity contribution is 8.13. The molecule has 0 radical (unpaired) electrons. The van der Waals surface area contributed by atoms with Crippen LogP contribution in [0.1, 0.15) is 5.56 Å². The maximum Gasteiger partial charge on any atom is 0.183 e. The van der Waals surface area contributed by atoms with Gasteiger partial charge in [-0.05, 0) is 24.5 Å². The number of nitrogens with one attached hydrogen (secondary N) is 1. The molecule has 17 heavy (non-hydrogen) atoms. The summed E-state index contributed by atoms with van der Waals surface area (Å²) >= 11 is 1.27. The van der Waals surface area contributed by atoms with E-state index in [2.05, 4.69) is 10.3 Å². The molecule has 0 unspecified atom stereocenters. The summed E-state index contributed by atoms with van der Waals surface area (Å²) in [5.74, 6) is -0.426. The van der Waals surface area contributed by atoms with Crippen LogP contribution < -0.4 is 5.32 Å². The van der Waals surface area contributed by atoms with Gasteiger partial charge < -0.3 is 0 Å². The Morgan fingerprint density at radius 1 is 1.53 bits per heavy atom. The van der Waals surface area contributed by atoms with E-state index in [4.69, 9.17) is 10.5 Å². The van der Waals surface area contributed by atoms with Gasteiger partial charge in [0, 0.05) is 5.56 Å². The van der Waals surface area contributed by atoms with E-state index in [1.165, 1.54) is 30.0 Å². The Bertz CT molecular complexity index is 513. The molecule has 0 aliphatic rings. The topological polar surface area (TPSA) is 72.0 Å². The van der Waals surface area contributed by atoms with Gasteiger partial charge in [0.05, 0.1) is 18.2 Å². The van der Waals surface area contributed by atoms with Gasteiger partial charge in [0.25, 0.3) is 0 Å². The number of amidine groups is 1. The van der Waals surface area contributed by atoms with Crippen molar-refractivity contribution in [3.05, 3.63) is 29.6 Å². The molecule has 0 aliphatic carbocycles. The fourth-order valence-electron chi connectivity index (χ4n) is 1.14. The van der Waals surface area contributed by atoms with Crippen LogP contribution >= 0.6 is 11.8 Å². The average Bonchev–Trinajstić information content (AvgIpc) is 2.33. The van der Waals surface area contributed by atoms with E-state index in [0.29, 0.717) is 16.4 Å². The highest BCUT2D eigenvalue weighted by Crippen LogP contribution is 2.19. The van der Waals surface area contributed by atoms with Crippen molar-refractivity contribution in [1.82, 2.24) is 5.32 Å². The number of thioether (sulfide) groups is 1. The maximum absolute atomic E-state index is 13.3. The van der Waals surface area contributed by atoms with E-state index in [-0.39, 0.29) is 6.42 Å². The van der Waals surface area contributed by atoms with Gasteiger partial charge in [-0.15, -0.1) is 0 Å². The predicted molar refractivity (Wildman–Crippen MR) is 65.1 cm³/mol. The first-order valence-electron chi connectivity index (χ1n) is 4.64. The number of halogens is 1. The molecule has 0 spiro atoms. The summed E-state index contributed by atoms with van der Waals surface area (Å²) in [7, 11) is 0. The Labute approximate surface area is 103 Å². The van der Waals surface area contributed by atoms with Crippen LogP contribution in [0.15, 0.2) is 23.2 Å². The molecular formula is C11H9FN4S. The van der Waals surface area contributed by atoms with Crippen LogP contribution in [0.2, 0.25) is 0 Å². The second kappa shape index (κ2) is 6.51. The molecule has 0 amide bonds. The zero-order chi connectivity index (χ0) is 12.7. The van der Waals surface area contributed by atoms with Gasteiger partial charge in [0.2, 0.25) is 0 Å². The van der Waals surface area contributed by atoms with Gasteiger partial charge in [0.1, 0.15) is 5.82 Å². The zero-order valence-corrected chi connectivity index (χ0v) is 9.88. The molecule has 0 bridgehead atoms. The lowest BCUT2D eigenvalue weighted by Crippen LogP contribution is -2.12. The number of rotatable bonds is 2. The first-order valence-corrected chi connectivity index (χ1v) is 5.87. The largest absolute Gasteiger partial charge is 0.271 e. The third-order valence-electron chi connectivity index (χ3n) is 1.89. The first-order chi connectivity index (χ1) is 8.21. The predicted octanol–water partition coefficient (Wildman–Crippen LogP) is 2.31. The van der Waals surface area contributed by atoms with Gasteiger partial charge in [0.15, 0.2) is 11.4 Å². The highest BCUT2D eigenvalue weighted by Gasteiger charge is 2.03. The second-order valence-electron chi connectivity index (χ2n) is 2.97. The van der Waals surface area contributed by atoms with E-state index < -0.39 is 5.82 Å². The molecule has 0 heterocycles. The van der Waals surface area contributed by atoms with Crippen molar-refractivity contribution >= 4 is 22.6 Å². The summed E-state index contributed by atoms with van der Waals surface area (Å²) < 4.78 is 13.3. The van der Waals surface area contributed by atoms with Crippen molar-refractivity contribution < 1.29 is 4.39 Å². The summed E-state index contributed by atoms with van der Waals surface area (Å²) in [4.78, 5) is 4.12. The molecule has 4 nitrogen and oxygen atoms in total. The number of hydrogen-bond donors (Lipinski definition) is 1. The van der Waals surface area contributed by atoms with Crippen LogP contribution in [0.25, 0.3) is 0 Å². The summed E-state index contributed by atoms with van der Waals surface area (Å²) in [6, 6.07) is 6.13. The molecule has 1 aromatic rings. The van der Waals surface area contributed by atoms with Gasteiger partial charge in [-0.3, -0.25) is 5.32 Å². The minimum Gasteiger partial charge on any atom is -0.271 e. The molecule has 1 rings (SSSR count). The van der Waals surface area contributed by atoms with Gasteiger partial charge >= 0.3 is 0 Å². The van der Waals surface area contributed by atoms with Crippen LogP contribution in [0, 0.1) is 28.6 Å². The quantitative estimate of drug-likeness (QED) is 0.377. The van der Waals surface area contributed by atoms with Gasteiger partial charge in [-0.25, -0.2) is 9.38 Å². The smallest absolute Gasteiger partial charge is 0.183 e. The molecule has 0 saturated heterocycles. The third-order valence-corrected chi connectivity index (χ3v) is 2.47. The zero-order valence-electron chi connectivity index (χ0n) is 9.07. The van der Waals surface area contributed by atoms with Crippen molar-refractivity contribution in [1.29, 1.82) is 10.5 Å². The van der Waals surface area contributed by atoms with E-state index >= 15 is 0 Å². The Balaban J connectivity index is 3.04. The van der Waals surface area contributed by atoms with Crippen LogP contribution in [0.3, 0.4) is 0 Å². The monoisotopic (exact) mass is 248 g/mol. The lowest BCUT2D eigenvalue weighted by molar-refractivity contribution is 0.615. The molecule has 0 aliphatic heterocycles. The van der Waals surface area contributed by atoms with Crippen LogP contribution in [0.4, 0.5) is 10.1 Å². The van der Waals surface area contributed by atoms with Crippen molar-refractivity contribution in [2.45, 2.75) is 6.42 Å². The van der Waals surface area contributed by atoms with Crippen LogP contribution in [-0.4, -0.2) is 11.4 Å². The Hall–Kier alpha value is -2.05. The summed E-state index contributed by atoms with van der Waals surface area (Å²) in [5, 5.41) is 19.8. The highest BCUT2D eigenvalue weighted by atomic mass is 32.2. The molecular weight excluding hydrogens is 239 g/mol. The molecule has 6 heteroatoms. The Morgan fingerprint density at radius 2 is 2.29 bits per heavy atom. The van der Waals surface area contributed by atoms with Gasteiger partial charge in [-0.2, -0.15) is 10.5 Å².